The van der Waals surface area contributed by atoms with E-state index < -0.39 is 0 Å². The molecule has 0 spiro atoms. The van der Waals surface area contributed by atoms with Gasteiger partial charge in [-0.05, 0) is 87.4 Å². The first kappa shape index (κ1) is 35.3. The van der Waals surface area contributed by atoms with E-state index in [0.29, 0.717) is 0 Å². The summed E-state index contributed by atoms with van der Waals surface area (Å²) in [4.78, 5) is 2.41. The maximum absolute atomic E-state index is 6.96. The average molecular weight is 826 g/mol. The highest BCUT2D eigenvalue weighted by molar-refractivity contribution is 7.26. The summed E-state index contributed by atoms with van der Waals surface area (Å²) in [7, 11) is 0. The summed E-state index contributed by atoms with van der Waals surface area (Å²) in [6.45, 7) is 0. The maximum Gasteiger partial charge on any atom is 0.143 e. The van der Waals surface area contributed by atoms with Crippen LogP contribution in [0.25, 0.3) is 106 Å². The van der Waals surface area contributed by atoms with Crippen molar-refractivity contribution in [1.29, 1.82) is 0 Å². The molecular weight excluding hydrogens is 791 g/mol. The first-order chi connectivity index (χ1) is 30.7. The van der Waals surface area contributed by atoms with Crippen LogP contribution in [0.5, 0.6) is 0 Å². The molecule has 13 rings (SSSR count). The molecule has 3 aromatic heterocycles. The summed E-state index contributed by atoms with van der Waals surface area (Å²) in [5.74, 6) is 0.895. The molecule has 0 atom stereocenters. The second kappa shape index (κ2) is 14.0. The van der Waals surface area contributed by atoms with Gasteiger partial charge in [-0.2, -0.15) is 0 Å². The Bertz CT molecular complexity index is 3750. The molecule has 10 aromatic carbocycles. The third-order valence-electron chi connectivity index (χ3n) is 12.5. The number of hydrogen-bond acceptors (Lipinski definition) is 4. The minimum atomic E-state index is 0.895. The lowest BCUT2D eigenvalue weighted by molar-refractivity contribution is 0.636. The number of anilines is 3. The lowest BCUT2D eigenvalue weighted by Gasteiger charge is -2.26. The Morgan fingerprint density at radius 2 is 0.790 bits per heavy atom. The van der Waals surface area contributed by atoms with Gasteiger partial charge in [-0.3, -0.25) is 0 Å². The Hall–Kier alpha value is -7.50. The van der Waals surface area contributed by atoms with Crippen LogP contribution in [0.2, 0.25) is 0 Å². The molecule has 0 N–H and O–H groups in total. The summed E-state index contributed by atoms with van der Waals surface area (Å²) in [6.07, 6.45) is 0. The molecule has 13 aromatic rings. The Balaban J connectivity index is 0.969. The maximum atomic E-state index is 6.96. The van der Waals surface area contributed by atoms with Gasteiger partial charge in [-0.15, -0.1) is 22.7 Å². The molecule has 0 amide bonds. The lowest BCUT2D eigenvalue weighted by Crippen LogP contribution is -2.09. The van der Waals surface area contributed by atoms with E-state index in [1.54, 1.807) is 0 Å². The van der Waals surface area contributed by atoms with E-state index in [0.717, 1.165) is 55.9 Å². The molecule has 3 heterocycles. The first-order valence-electron chi connectivity index (χ1n) is 21.0. The van der Waals surface area contributed by atoms with E-state index in [1.165, 1.54) is 67.6 Å². The zero-order valence-corrected chi connectivity index (χ0v) is 35.0. The molecule has 0 aliphatic heterocycles. The standard InChI is InChI=1S/C58H35NOS2/c1-3-13-37(14-4-1)55-56-48-30-25-39(33-50(48)43-17-7-8-20-49(43)58(56)60-57(55)38-15-5-2-6-16-38)36-23-26-40(27-24-36)59(41-28-31-46-44-18-9-11-21-51(44)61-53(46)34-41)42-29-32-47-45-19-10-12-22-52(45)62-54(47)35-42/h1-35H. The van der Waals surface area contributed by atoms with E-state index in [1.807, 2.05) is 22.7 Å². The van der Waals surface area contributed by atoms with Crippen LogP contribution in [-0.2, 0) is 0 Å². The highest BCUT2D eigenvalue weighted by atomic mass is 32.1. The SMILES string of the molecule is c1ccc(-c2oc3c4ccccc4c4cc(-c5ccc(N(c6ccc7c(c6)sc6ccccc67)c6ccc7c(c6)sc6ccccc67)cc5)ccc4c3c2-c2ccccc2)cc1. The highest BCUT2D eigenvalue weighted by Crippen LogP contribution is 2.48. The van der Waals surface area contributed by atoms with Crippen LogP contribution in [-0.4, -0.2) is 0 Å². The Kier molecular flexibility index (Phi) is 7.99. The quantitative estimate of drug-likeness (QED) is 0.155. The Morgan fingerprint density at radius 1 is 0.306 bits per heavy atom. The van der Waals surface area contributed by atoms with Crippen molar-refractivity contribution < 1.29 is 4.42 Å². The van der Waals surface area contributed by atoms with Gasteiger partial charge < -0.3 is 9.32 Å². The van der Waals surface area contributed by atoms with Crippen LogP contribution < -0.4 is 4.90 Å². The van der Waals surface area contributed by atoms with Crippen molar-refractivity contribution in [3.8, 4) is 33.6 Å². The van der Waals surface area contributed by atoms with Gasteiger partial charge >= 0.3 is 0 Å². The van der Waals surface area contributed by atoms with Gasteiger partial charge in [-0.25, -0.2) is 0 Å². The monoisotopic (exact) mass is 825 g/mol. The normalized spacial score (nSPS) is 11.9. The molecule has 0 saturated heterocycles. The average Bonchev–Trinajstić information content (AvgIpc) is 4.04. The second-order valence-corrected chi connectivity index (χ2v) is 18.2. The summed E-state index contributed by atoms with van der Waals surface area (Å²) in [5.41, 5.74) is 9.99. The van der Waals surface area contributed by atoms with Crippen LogP contribution in [0.1, 0.15) is 0 Å². The summed E-state index contributed by atoms with van der Waals surface area (Å²) >= 11 is 3.72. The zero-order chi connectivity index (χ0) is 40.7. The fraction of sp³-hybridized carbons (Fsp3) is 0. The van der Waals surface area contributed by atoms with Crippen molar-refractivity contribution in [2.75, 3.05) is 4.90 Å². The van der Waals surface area contributed by atoms with Gasteiger partial charge in [-0.1, -0.05) is 158 Å². The van der Waals surface area contributed by atoms with Gasteiger partial charge in [0.1, 0.15) is 11.3 Å². The molecule has 0 bridgehead atoms. The topological polar surface area (TPSA) is 16.4 Å². The smallest absolute Gasteiger partial charge is 0.143 e. The van der Waals surface area contributed by atoms with Crippen LogP contribution in [0.15, 0.2) is 217 Å². The van der Waals surface area contributed by atoms with Gasteiger partial charge in [0.25, 0.3) is 0 Å². The predicted octanol–water partition coefficient (Wildman–Crippen LogP) is 17.9. The fourth-order valence-corrected chi connectivity index (χ4v) is 11.9. The summed E-state index contributed by atoms with van der Waals surface area (Å²) in [5, 5.41) is 11.1. The third kappa shape index (κ3) is 5.54. The highest BCUT2D eigenvalue weighted by Gasteiger charge is 2.23. The van der Waals surface area contributed by atoms with E-state index in [4.69, 9.17) is 4.42 Å². The third-order valence-corrected chi connectivity index (χ3v) is 14.7. The number of furan rings is 1. The molecule has 0 radical (unpaired) electrons. The van der Waals surface area contributed by atoms with Crippen molar-refractivity contribution in [3.05, 3.63) is 212 Å². The van der Waals surface area contributed by atoms with Crippen molar-refractivity contribution >= 4 is 113 Å². The largest absolute Gasteiger partial charge is 0.455 e. The van der Waals surface area contributed by atoms with Crippen molar-refractivity contribution in [2.45, 2.75) is 0 Å². The van der Waals surface area contributed by atoms with Crippen molar-refractivity contribution in [3.63, 3.8) is 0 Å². The van der Waals surface area contributed by atoms with E-state index in [-0.39, 0.29) is 0 Å². The lowest BCUT2D eigenvalue weighted by atomic mass is 9.91. The van der Waals surface area contributed by atoms with Gasteiger partial charge in [0, 0.05) is 79.3 Å². The predicted molar refractivity (Wildman–Crippen MR) is 268 cm³/mol. The zero-order valence-electron chi connectivity index (χ0n) is 33.4. The number of rotatable bonds is 6. The molecule has 2 nitrogen and oxygen atoms in total. The first-order valence-corrected chi connectivity index (χ1v) is 22.6. The molecule has 290 valence electrons. The Labute approximate surface area is 365 Å². The van der Waals surface area contributed by atoms with E-state index in [9.17, 15) is 0 Å². The van der Waals surface area contributed by atoms with Gasteiger partial charge in [0.15, 0.2) is 0 Å². The number of benzene rings is 10. The summed E-state index contributed by atoms with van der Waals surface area (Å²) < 4.78 is 12.2. The number of nitrogens with zero attached hydrogens (tertiary/aromatic N) is 1. The van der Waals surface area contributed by atoms with Crippen molar-refractivity contribution in [2.24, 2.45) is 0 Å². The minimum Gasteiger partial charge on any atom is -0.455 e. The number of thiophene rings is 2. The van der Waals surface area contributed by atoms with Crippen LogP contribution in [0, 0.1) is 0 Å². The molecule has 62 heavy (non-hydrogen) atoms. The molecule has 0 saturated carbocycles. The summed E-state index contributed by atoms with van der Waals surface area (Å²) in [6, 6.07) is 77.3. The molecule has 0 aliphatic rings. The molecule has 0 unspecified atom stereocenters. The second-order valence-electron chi connectivity index (χ2n) is 16.0. The van der Waals surface area contributed by atoms with Crippen LogP contribution in [0.3, 0.4) is 0 Å². The minimum absolute atomic E-state index is 0.895. The van der Waals surface area contributed by atoms with Crippen LogP contribution in [0.4, 0.5) is 17.1 Å². The van der Waals surface area contributed by atoms with Crippen LogP contribution >= 0.6 is 22.7 Å². The fourth-order valence-electron chi connectivity index (χ4n) is 9.59. The number of fused-ring (bicyclic) bond motifs is 12. The molecular formula is C58H35NOS2. The Morgan fingerprint density at radius 3 is 1.42 bits per heavy atom. The molecule has 0 fully saturated rings. The van der Waals surface area contributed by atoms with Gasteiger partial charge in [0.05, 0.1) is 0 Å². The number of hydrogen-bond donors (Lipinski definition) is 0. The molecule has 0 aliphatic carbocycles. The van der Waals surface area contributed by atoms with E-state index in [2.05, 4.69) is 217 Å². The molecule has 4 heteroatoms. The van der Waals surface area contributed by atoms with Crippen molar-refractivity contribution in [1.82, 2.24) is 0 Å². The van der Waals surface area contributed by atoms with Gasteiger partial charge in [0.2, 0.25) is 0 Å². The van der Waals surface area contributed by atoms with E-state index >= 15 is 0 Å².